The number of aliphatic hydroxyl groups excluding tert-OH is 2. The number of hydrogen-bond donors (Lipinski definition) is 6. The summed E-state index contributed by atoms with van der Waals surface area (Å²) >= 11 is 0. The van der Waals surface area contributed by atoms with Crippen LogP contribution in [-0.2, 0) is 14.3 Å². The fraction of sp³-hybridized carbons (Fsp3) is 0.389. The Hall–Kier alpha value is -4.58. The Balaban J connectivity index is 0.00000160. The van der Waals surface area contributed by atoms with Gasteiger partial charge in [-0.15, -0.1) is 0 Å². The van der Waals surface area contributed by atoms with Crippen molar-refractivity contribution in [1.82, 2.24) is 19.9 Å². The first-order valence-corrected chi connectivity index (χ1v) is 15.5. The summed E-state index contributed by atoms with van der Waals surface area (Å²) in [5.74, 6) is -1.84. The molecule has 0 aliphatic carbocycles. The van der Waals surface area contributed by atoms with Crippen molar-refractivity contribution in [3.63, 3.8) is 0 Å². The average Bonchev–Trinajstić information content (AvgIpc) is 3.64. The van der Waals surface area contributed by atoms with Crippen LogP contribution in [-0.4, -0.2) is 66.5 Å². The summed E-state index contributed by atoms with van der Waals surface area (Å²) in [5, 5.41) is 40.5. The second-order valence-corrected chi connectivity index (χ2v) is 12.1. The molecule has 11 heteroatoms. The quantitative estimate of drug-likeness (QED) is 0.152. The molecule has 0 fully saturated rings. The number of aromatic nitrogens is 4. The number of ether oxygens (including phenoxy) is 1. The van der Waals surface area contributed by atoms with E-state index in [2.05, 4.69) is 14.7 Å². The number of carboxylic acid groups (broad SMARTS) is 2. The van der Waals surface area contributed by atoms with E-state index in [0.717, 1.165) is 50.0 Å². The summed E-state index contributed by atoms with van der Waals surface area (Å²) in [6.45, 7) is 11.1. The van der Waals surface area contributed by atoms with Gasteiger partial charge in [-0.25, -0.2) is 9.97 Å². The first-order valence-electron chi connectivity index (χ1n) is 15.5. The van der Waals surface area contributed by atoms with Gasteiger partial charge in [-0.05, 0) is 112 Å². The number of aryl methyl sites for hydroxylation is 2. The zero-order valence-electron chi connectivity index (χ0n) is 28.2. The number of methoxy groups -OCH3 is 1. The van der Waals surface area contributed by atoms with Gasteiger partial charge < -0.3 is 35.1 Å². The number of carboxylic acids is 2. The topological polar surface area (TPSA) is 182 Å². The molecule has 0 aromatic carbocycles. The van der Waals surface area contributed by atoms with E-state index in [0.29, 0.717) is 39.4 Å². The van der Waals surface area contributed by atoms with Gasteiger partial charge in [0.25, 0.3) is 0 Å². The highest BCUT2D eigenvalue weighted by atomic mass is 16.4. The maximum atomic E-state index is 11.6. The Labute approximate surface area is 273 Å². The van der Waals surface area contributed by atoms with Crippen molar-refractivity contribution >= 4 is 56.3 Å². The monoisotopic (exact) mass is 644 g/mol. The fourth-order valence-corrected chi connectivity index (χ4v) is 6.32. The van der Waals surface area contributed by atoms with Crippen molar-refractivity contribution < 1.29 is 34.8 Å². The number of H-pyrrole nitrogens is 2. The van der Waals surface area contributed by atoms with Gasteiger partial charge in [0.05, 0.1) is 35.0 Å². The van der Waals surface area contributed by atoms with Crippen molar-refractivity contribution in [3.8, 4) is 0 Å². The SMILES string of the molecule is CC1=C(CCC(=O)O)c2cc3nc(cc4[nH]c(cc5[nH]c(cc1n2)c(C)c5C(C)O)c(C)c4C(C)O)C(C)=C3CCC(=O)O.COC. The number of allylic oxidation sites excluding steroid dienone is 4. The highest BCUT2D eigenvalue weighted by molar-refractivity contribution is 5.96. The predicted octanol–water partition coefficient (Wildman–Crippen LogP) is 6.89. The van der Waals surface area contributed by atoms with Crippen LogP contribution in [0.15, 0.2) is 24.3 Å². The minimum atomic E-state index is -0.921. The molecule has 2 aliphatic heterocycles. The summed E-state index contributed by atoms with van der Waals surface area (Å²) < 4.78 is 4.25. The van der Waals surface area contributed by atoms with Crippen molar-refractivity contribution in [2.45, 2.75) is 79.4 Å². The Morgan fingerprint density at radius 3 is 1.40 bits per heavy atom. The number of carbonyl (C=O) groups is 2. The molecule has 2 aliphatic rings. The van der Waals surface area contributed by atoms with Crippen LogP contribution in [0.2, 0.25) is 0 Å². The average molecular weight is 645 g/mol. The van der Waals surface area contributed by atoms with E-state index in [9.17, 15) is 30.0 Å². The van der Waals surface area contributed by atoms with Crippen LogP contribution in [0.4, 0.5) is 0 Å². The minimum Gasteiger partial charge on any atom is -0.481 e. The number of nitrogens with one attached hydrogen (secondary N) is 2. The summed E-state index contributed by atoms with van der Waals surface area (Å²) in [6.07, 6.45) is -1.18. The van der Waals surface area contributed by atoms with Gasteiger partial charge in [0.1, 0.15) is 0 Å². The number of hydrogen-bond acceptors (Lipinski definition) is 7. The molecule has 0 saturated heterocycles. The van der Waals surface area contributed by atoms with Gasteiger partial charge in [-0.1, -0.05) is 0 Å². The van der Waals surface area contributed by atoms with E-state index >= 15 is 0 Å². The third-order valence-corrected chi connectivity index (χ3v) is 8.65. The highest BCUT2D eigenvalue weighted by Gasteiger charge is 2.23. The van der Waals surface area contributed by atoms with Crippen LogP contribution >= 0.6 is 0 Å². The zero-order valence-corrected chi connectivity index (χ0v) is 28.2. The summed E-state index contributed by atoms with van der Waals surface area (Å²) in [5.41, 5.74) is 11.7. The molecular weight excluding hydrogens is 600 g/mol. The molecule has 8 bridgehead atoms. The molecule has 2 atom stereocenters. The van der Waals surface area contributed by atoms with E-state index < -0.39 is 24.1 Å². The van der Waals surface area contributed by atoms with Gasteiger partial charge in [-0.2, -0.15) is 0 Å². The van der Waals surface area contributed by atoms with Crippen molar-refractivity contribution in [2.24, 2.45) is 0 Å². The van der Waals surface area contributed by atoms with Gasteiger partial charge >= 0.3 is 11.9 Å². The molecule has 0 radical (unpaired) electrons. The Bertz CT molecular complexity index is 1940. The lowest BCUT2D eigenvalue weighted by molar-refractivity contribution is -0.137. The summed E-state index contributed by atoms with van der Waals surface area (Å²) in [7, 11) is 3.25. The van der Waals surface area contributed by atoms with Crippen molar-refractivity contribution in [1.29, 1.82) is 0 Å². The number of nitrogens with zero attached hydrogens (tertiary/aromatic N) is 2. The second-order valence-electron chi connectivity index (χ2n) is 12.1. The lowest BCUT2D eigenvalue weighted by atomic mass is 9.98. The van der Waals surface area contributed by atoms with E-state index in [1.807, 2.05) is 52.0 Å². The van der Waals surface area contributed by atoms with Crippen LogP contribution < -0.4 is 0 Å². The van der Waals surface area contributed by atoms with Gasteiger partial charge in [0.15, 0.2) is 0 Å². The first-order chi connectivity index (χ1) is 22.2. The number of fused-ring (bicyclic) bond motifs is 8. The molecule has 0 amide bonds. The van der Waals surface area contributed by atoms with E-state index in [4.69, 9.17) is 9.97 Å². The Morgan fingerprint density at radius 2 is 1.02 bits per heavy atom. The molecule has 47 heavy (non-hydrogen) atoms. The molecule has 2 unspecified atom stereocenters. The molecule has 5 rings (SSSR count). The van der Waals surface area contributed by atoms with Crippen LogP contribution in [0, 0.1) is 13.8 Å². The molecule has 3 aromatic heterocycles. The van der Waals surface area contributed by atoms with Gasteiger partial charge in [0.2, 0.25) is 0 Å². The van der Waals surface area contributed by atoms with Gasteiger partial charge in [-0.3, -0.25) is 9.59 Å². The fourth-order valence-electron chi connectivity index (χ4n) is 6.32. The largest absolute Gasteiger partial charge is 0.481 e. The Morgan fingerprint density at radius 1 is 0.660 bits per heavy atom. The molecule has 0 spiro atoms. The second kappa shape index (κ2) is 14.5. The third kappa shape index (κ3) is 7.38. The standard InChI is InChI=1S/C34H38N4O6.C2H6O/c1-15-21(7-9-31(41)42)27-14-28-22(8-10-32(43)44)16(2)24(36-28)12-29-34(20(6)40)18(4)26(38-29)13-30-33(19(5)39)17(3)25(37-30)11-23(15)35-27;1-3-2/h11-14,19-20,37-40H,7-10H2,1-6H3,(H,41,42)(H,43,44);1-2H3. The molecule has 11 nitrogen and oxygen atoms in total. The van der Waals surface area contributed by atoms with Crippen LogP contribution in [0.5, 0.6) is 0 Å². The zero-order chi connectivity index (χ0) is 34.7. The summed E-state index contributed by atoms with van der Waals surface area (Å²) in [6, 6.07) is 7.51. The Kier molecular flexibility index (Phi) is 10.9. The lowest BCUT2D eigenvalue weighted by Crippen LogP contribution is -1.97. The normalized spacial score (nSPS) is 14.2. The summed E-state index contributed by atoms with van der Waals surface area (Å²) in [4.78, 5) is 39.8. The molecule has 250 valence electrons. The van der Waals surface area contributed by atoms with E-state index in [1.165, 1.54) is 0 Å². The number of aromatic amines is 2. The van der Waals surface area contributed by atoms with Crippen LogP contribution in [0.25, 0.3) is 44.4 Å². The van der Waals surface area contributed by atoms with Gasteiger partial charge in [0, 0.05) is 60.3 Å². The third-order valence-electron chi connectivity index (χ3n) is 8.65. The predicted molar refractivity (Wildman–Crippen MR) is 183 cm³/mol. The molecule has 3 aromatic rings. The van der Waals surface area contributed by atoms with Crippen molar-refractivity contribution in [3.05, 3.63) is 69.3 Å². The number of rotatable bonds is 8. The highest BCUT2D eigenvalue weighted by Crippen LogP contribution is 2.38. The molecular formula is C36H44N4O7. The van der Waals surface area contributed by atoms with Crippen molar-refractivity contribution in [2.75, 3.05) is 14.2 Å². The lowest BCUT2D eigenvalue weighted by Gasteiger charge is -2.05. The van der Waals surface area contributed by atoms with E-state index in [-0.39, 0.29) is 25.7 Å². The molecule has 5 heterocycles. The van der Waals surface area contributed by atoms with Crippen LogP contribution in [0.3, 0.4) is 0 Å². The smallest absolute Gasteiger partial charge is 0.303 e. The molecule has 0 saturated carbocycles. The minimum absolute atomic E-state index is 0.0750. The molecule has 6 N–H and O–H groups in total. The van der Waals surface area contributed by atoms with E-state index in [1.54, 1.807) is 28.1 Å². The number of aliphatic carboxylic acids is 2. The maximum Gasteiger partial charge on any atom is 0.303 e. The number of aliphatic hydroxyl groups is 2. The van der Waals surface area contributed by atoms with Crippen LogP contribution in [0.1, 0.15) is 111 Å². The first kappa shape index (κ1) is 35.3. The maximum absolute atomic E-state index is 11.6.